The van der Waals surface area contributed by atoms with Crippen molar-refractivity contribution >= 4 is 22.4 Å². The first-order chi connectivity index (χ1) is 12.4. The first kappa shape index (κ1) is 14.6. The molecule has 0 amide bonds. The van der Waals surface area contributed by atoms with Crippen molar-refractivity contribution in [3.8, 4) is 0 Å². The van der Waals surface area contributed by atoms with Crippen LogP contribution in [0.25, 0.3) is 10.9 Å². The molecule has 126 valence electrons. The van der Waals surface area contributed by atoms with Crippen LogP contribution in [0.2, 0.25) is 0 Å². The van der Waals surface area contributed by atoms with E-state index in [-0.39, 0.29) is 0 Å². The van der Waals surface area contributed by atoms with Crippen LogP contribution in [0.5, 0.6) is 0 Å². The number of aromatic nitrogens is 4. The maximum Gasteiger partial charge on any atom is 0.135 e. The van der Waals surface area contributed by atoms with Crippen LogP contribution in [0.3, 0.4) is 0 Å². The molecule has 2 aliphatic rings. The lowest BCUT2D eigenvalue weighted by atomic mass is 10.1. The molecule has 1 aromatic carbocycles. The van der Waals surface area contributed by atoms with E-state index in [9.17, 15) is 0 Å². The number of anilines is 2. The Balaban J connectivity index is 1.35. The number of aryl methyl sites for hydroxylation is 1. The molecule has 0 N–H and O–H groups in total. The number of hydrogen-bond acceptors (Lipinski definition) is 6. The van der Waals surface area contributed by atoms with E-state index >= 15 is 0 Å². The number of hydrogen-bond donors (Lipinski definition) is 0. The minimum atomic E-state index is 0.993. The van der Waals surface area contributed by atoms with Crippen LogP contribution in [-0.2, 0) is 12.8 Å². The van der Waals surface area contributed by atoms with Crippen LogP contribution in [0, 0.1) is 0 Å². The number of fused-ring (bicyclic) bond motifs is 2. The molecule has 1 fully saturated rings. The minimum absolute atomic E-state index is 0.993. The second-order valence-electron chi connectivity index (χ2n) is 6.72. The molecule has 0 saturated carbocycles. The normalized spacial score (nSPS) is 17.1. The monoisotopic (exact) mass is 332 g/mol. The molecule has 3 aromatic rings. The fourth-order valence-electron chi connectivity index (χ4n) is 3.96. The van der Waals surface area contributed by atoms with Crippen LogP contribution >= 0.6 is 0 Å². The average molecular weight is 332 g/mol. The molecule has 25 heavy (non-hydrogen) atoms. The van der Waals surface area contributed by atoms with Crippen molar-refractivity contribution in [3.63, 3.8) is 0 Å². The average Bonchev–Trinajstić information content (AvgIpc) is 3.17. The highest BCUT2D eigenvalue weighted by atomic mass is 15.3. The maximum atomic E-state index is 4.59. The van der Waals surface area contributed by atoms with E-state index in [2.05, 4.69) is 47.9 Å². The third-order valence-corrected chi connectivity index (χ3v) is 5.28. The van der Waals surface area contributed by atoms with Gasteiger partial charge in [0.15, 0.2) is 0 Å². The zero-order valence-electron chi connectivity index (χ0n) is 14.1. The van der Waals surface area contributed by atoms with Gasteiger partial charge >= 0.3 is 0 Å². The van der Waals surface area contributed by atoms with Crippen molar-refractivity contribution in [2.24, 2.45) is 0 Å². The summed E-state index contributed by atoms with van der Waals surface area (Å²) in [4.78, 5) is 22.3. The third kappa shape index (κ3) is 2.58. The third-order valence-electron chi connectivity index (χ3n) is 5.28. The molecule has 1 aliphatic heterocycles. The molecule has 2 aromatic heterocycles. The minimum Gasteiger partial charge on any atom is -0.368 e. The maximum absolute atomic E-state index is 4.59. The van der Waals surface area contributed by atoms with Gasteiger partial charge in [-0.15, -0.1) is 0 Å². The molecular formula is C19H20N6. The van der Waals surface area contributed by atoms with E-state index in [1.807, 2.05) is 6.20 Å². The predicted octanol–water partition coefficient (Wildman–Crippen LogP) is 2.24. The van der Waals surface area contributed by atoms with Gasteiger partial charge in [-0.3, -0.25) is 0 Å². The summed E-state index contributed by atoms with van der Waals surface area (Å²) < 4.78 is 0. The van der Waals surface area contributed by atoms with Crippen LogP contribution in [0.1, 0.15) is 17.7 Å². The first-order valence-electron chi connectivity index (χ1n) is 8.91. The summed E-state index contributed by atoms with van der Waals surface area (Å²) in [6.45, 7) is 3.98. The van der Waals surface area contributed by atoms with Gasteiger partial charge in [0, 0.05) is 54.7 Å². The molecule has 0 spiro atoms. The van der Waals surface area contributed by atoms with E-state index in [1.165, 1.54) is 23.4 Å². The quantitative estimate of drug-likeness (QED) is 0.717. The SMILES string of the molecule is c1nc2c(c(N3CCN(c4ccc5ncncc5c4)CC3)n1)CCC2. The molecule has 0 unspecified atom stereocenters. The molecule has 6 heteroatoms. The number of benzene rings is 1. The Hall–Kier alpha value is -2.76. The molecule has 5 rings (SSSR count). The summed E-state index contributed by atoms with van der Waals surface area (Å²) >= 11 is 0. The molecule has 0 radical (unpaired) electrons. The van der Waals surface area contributed by atoms with Gasteiger partial charge in [0.1, 0.15) is 18.5 Å². The van der Waals surface area contributed by atoms with Gasteiger partial charge in [-0.2, -0.15) is 0 Å². The largest absolute Gasteiger partial charge is 0.368 e. The van der Waals surface area contributed by atoms with E-state index in [0.29, 0.717) is 0 Å². The molecule has 1 saturated heterocycles. The topological polar surface area (TPSA) is 58.0 Å². The second kappa shape index (κ2) is 5.95. The summed E-state index contributed by atoms with van der Waals surface area (Å²) in [7, 11) is 0. The molecule has 6 nitrogen and oxygen atoms in total. The predicted molar refractivity (Wildman–Crippen MR) is 98.0 cm³/mol. The zero-order valence-corrected chi connectivity index (χ0v) is 14.1. The van der Waals surface area contributed by atoms with Crippen molar-refractivity contribution in [2.45, 2.75) is 19.3 Å². The second-order valence-corrected chi connectivity index (χ2v) is 6.72. The van der Waals surface area contributed by atoms with Crippen molar-refractivity contribution in [1.29, 1.82) is 0 Å². The molecule has 0 bridgehead atoms. The van der Waals surface area contributed by atoms with Crippen LogP contribution in [0.4, 0.5) is 11.5 Å². The first-order valence-corrected chi connectivity index (χ1v) is 8.91. The van der Waals surface area contributed by atoms with Gasteiger partial charge in [0.2, 0.25) is 0 Å². The number of nitrogens with zero attached hydrogens (tertiary/aromatic N) is 6. The number of rotatable bonds is 2. The van der Waals surface area contributed by atoms with Crippen molar-refractivity contribution < 1.29 is 0 Å². The highest BCUT2D eigenvalue weighted by Gasteiger charge is 2.24. The Bertz CT molecular complexity index is 917. The summed E-state index contributed by atoms with van der Waals surface area (Å²) in [5.74, 6) is 1.16. The zero-order chi connectivity index (χ0) is 16.6. The van der Waals surface area contributed by atoms with E-state index in [4.69, 9.17) is 0 Å². The fraction of sp³-hybridized carbons (Fsp3) is 0.368. The number of piperazine rings is 1. The lowest BCUT2D eigenvalue weighted by Gasteiger charge is -2.37. The fourth-order valence-corrected chi connectivity index (χ4v) is 3.96. The smallest absolute Gasteiger partial charge is 0.135 e. The van der Waals surface area contributed by atoms with E-state index < -0.39 is 0 Å². The Morgan fingerprint density at radius 1 is 0.840 bits per heavy atom. The van der Waals surface area contributed by atoms with E-state index in [0.717, 1.165) is 55.7 Å². The molecule has 1 aliphatic carbocycles. The van der Waals surface area contributed by atoms with Crippen molar-refractivity contribution in [2.75, 3.05) is 36.0 Å². The van der Waals surface area contributed by atoms with E-state index in [1.54, 1.807) is 12.7 Å². The van der Waals surface area contributed by atoms with Gasteiger partial charge in [-0.1, -0.05) is 0 Å². The summed E-state index contributed by atoms with van der Waals surface area (Å²) in [6, 6.07) is 6.43. The van der Waals surface area contributed by atoms with Crippen LogP contribution < -0.4 is 9.80 Å². The lowest BCUT2D eigenvalue weighted by Crippen LogP contribution is -2.47. The lowest BCUT2D eigenvalue weighted by molar-refractivity contribution is 0.644. The van der Waals surface area contributed by atoms with Gasteiger partial charge < -0.3 is 9.80 Å². The highest BCUT2D eigenvalue weighted by Crippen LogP contribution is 2.29. The molecule has 0 atom stereocenters. The van der Waals surface area contributed by atoms with Gasteiger partial charge in [0.05, 0.1) is 5.52 Å². The van der Waals surface area contributed by atoms with Crippen LogP contribution in [0.15, 0.2) is 37.1 Å². The Morgan fingerprint density at radius 3 is 2.64 bits per heavy atom. The van der Waals surface area contributed by atoms with Gasteiger partial charge in [0.25, 0.3) is 0 Å². The Morgan fingerprint density at radius 2 is 1.72 bits per heavy atom. The highest BCUT2D eigenvalue weighted by molar-refractivity contribution is 5.81. The molecular weight excluding hydrogens is 312 g/mol. The summed E-state index contributed by atoms with van der Waals surface area (Å²) in [5.41, 5.74) is 4.87. The summed E-state index contributed by atoms with van der Waals surface area (Å²) in [5, 5.41) is 1.09. The van der Waals surface area contributed by atoms with Crippen LogP contribution in [-0.4, -0.2) is 46.1 Å². The van der Waals surface area contributed by atoms with Crippen molar-refractivity contribution in [1.82, 2.24) is 19.9 Å². The molecule has 3 heterocycles. The Labute approximate surface area is 146 Å². The van der Waals surface area contributed by atoms with Gasteiger partial charge in [-0.25, -0.2) is 19.9 Å². The standard InChI is InChI=1S/C19H20N6/c1-2-16-18(3-1)22-13-23-19(16)25-8-6-24(7-9-25)15-4-5-17-14(10-15)11-20-12-21-17/h4-5,10-13H,1-3,6-9H2. The Kier molecular flexibility index (Phi) is 3.47. The van der Waals surface area contributed by atoms with Crippen molar-refractivity contribution in [3.05, 3.63) is 48.3 Å². The summed E-state index contributed by atoms with van der Waals surface area (Å²) in [6.07, 6.45) is 8.64. The van der Waals surface area contributed by atoms with Gasteiger partial charge in [-0.05, 0) is 37.5 Å².